The number of aryl methyl sites for hydroxylation is 1. The second-order valence-corrected chi connectivity index (χ2v) is 8.33. The van der Waals surface area contributed by atoms with Crippen molar-refractivity contribution in [2.24, 2.45) is 0 Å². The third-order valence-electron chi connectivity index (χ3n) is 4.73. The first-order valence-electron chi connectivity index (χ1n) is 9.58. The monoisotopic (exact) mass is 438 g/mol. The Balaban J connectivity index is 1.72. The fourth-order valence-electron chi connectivity index (χ4n) is 3.30. The van der Waals surface area contributed by atoms with Crippen molar-refractivity contribution in [3.8, 4) is 5.75 Å². The Kier molecular flexibility index (Phi) is 6.18. The van der Waals surface area contributed by atoms with Crippen LogP contribution >= 0.6 is 23.5 Å². The molecule has 0 saturated carbocycles. The van der Waals surface area contributed by atoms with Crippen molar-refractivity contribution in [1.82, 2.24) is 14.3 Å². The molecule has 7 heteroatoms. The van der Waals surface area contributed by atoms with Crippen LogP contribution in [-0.2, 0) is 6.54 Å². The molecule has 0 radical (unpaired) electrons. The maximum Gasteiger partial charge on any atom is 0.152 e. The minimum atomic E-state index is 0.465. The number of fused-ring (bicyclic) bond motifs is 1. The molecule has 30 heavy (non-hydrogen) atoms. The molecule has 0 aliphatic heterocycles. The number of benzene rings is 2. The first-order valence-corrected chi connectivity index (χ1v) is 10.7. The molecule has 0 aliphatic rings. The van der Waals surface area contributed by atoms with Gasteiger partial charge in [0.2, 0.25) is 0 Å². The SMILES string of the molecule is CNCc1cn(Sc2cccc(OC)c2)c2cc(Nc3ccc(C)nc3Cl)ccc12. The fraction of sp³-hybridized carbons (Fsp3) is 0.174. The molecule has 2 N–H and O–H groups in total. The minimum absolute atomic E-state index is 0.465. The van der Waals surface area contributed by atoms with Crippen molar-refractivity contribution in [1.29, 1.82) is 0 Å². The Hall–Kier alpha value is -2.67. The number of pyridine rings is 1. The van der Waals surface area contributed by atoms with E-state index in [2.05, 4.69) is 50.1 Å². The predicted molar refractivity (Wildman–Crippen MR) is 126 cm³/mol. The second kappa shape index (κ2) is 9.00. The standard InChI is InChI=1S/C23H23ClN4OS/c1-15-7-10-21(23(24)26-15)27-17-8-9-20-16(13-25-2)14-28(22(20)11-17)30-19-6-4-5-18(12-19)29-3/h4-12,14,25,27H,13H2,1-3H3. The minimum Gasteiger partial charge on any atom is -0.497 e. The highest BCUT2D eigenvalue weighted by Gasteiger charge is 2.12. The van der Waals surface area contributed by atoms with Gasteiger partial charge in [-0.1, -0.05) is 23.7 Å². The molecule has 4 aromatic rings. The van der Waals surface area contributed by atoms with Gasteiger partial charge < -0.3 is 15.4 Å². The Bertz CT molecular complexity index is 1190. The molecule has 0 atom stereocenters. The average molecular weight is 439 g/mol. The highest BCUT2D eigenvalue weighted by molar-refractivity contribution is 7.98. The van der Waals surface area contributed by atoms with Gasteiger partial charge in [-0.2, -0.15) is 0 Å². The summed E-state index contributed by atoms with van der Waals surface area (Å²) < 4.78 is 7.56. The van der Waals surface area contributed by atoms with E-state index in [4.69, 9.17) is 16.3 Å². The zero-order valence-corrected chi connectivity index (χ0v) is 18.6. The Morgan fingerprint density at radius 1 is 1.13 bits per heavy atom. The van der Waals surface area contributed by atoms with E-state index < -0.39 is 0 Å². The summed E-state index contributed by atoms with van der Waals surface area (Å²) in [4.78, 5) is 5.43. The summed E-state index contributed by atoms with van der Waals surface area (Å²) in [6.45, 7) is 2.72. The summed E-state index contributed by atoms with van der Waals surface area (Å²) in [5.41, 5.74) is 4.99. The molecule has 0 aliphatic carbocycles. The van der Waals surface area contributed by atoms with Gasteiger partial charge in [-0.25, -0.2) is 4.98 Å². The molecule has 0 bridgehead atoms. The number of nitrogens with zero attached hydrogens (tertiary/aromatic N) is 2. The van der Waals surface area contributed by atoms with Gasteiger partial charge in [-0.3, -0.25) is 3.97 Å². The van der Waals surface area contributed by atoms with Crippen LogP contribution in [0.4, 0.5) is 11.4 Å². The molecular weight excluding hydrogens is 416 g/mol. The maximum atomic E-state index is 6.31. The van der Waals surface area contributed by atoms with Gasteiger partial charge in [-0.15, -0.1) is 0 Å². The number of hydrogen-bond acceptors (Lipinski definition) is 5. The summed E-state index contributed by atoms with van der Waals surface area (Å²) in [5, 5.41) is 8.32. The normalized spacial score (nSPS) is 11.1. The summed E-state index contributed by atoms with van der Waals surface area (Å²) in [6.07, 6.45) is 2.18. The lowest BCUT2D eigenvalue weighted by Gasteiger charge is -2.10. The Morgan fingerprint density at radius 3 is 2.77 bits per heavy atom. The van der Waals surface area contributed by atoms with Gasteiger partial charge >= 0.3 is 0 Å². The van der Waals surface area contributed by atoms with E-state index in [0.29, 0.717) is 5.15 Å². The topological polar surface area (TPSA) is 51.1 Å². The van der Waals surface area contributed by atoms with Crippen LogP contribution in [0.2, 0.25) is 5.15 Å². The summed E-state index contributed by atoms with van der Waals surface area (Å²) in [6, 6.07) is 18.3. The number of aromatic nitrogens is 2. The van der Waals surface area contributed by atoms with E-state index in [1.807, 2.05) is 44.3 Å². The zero-order valence-electron chi connectivity index (χ0n) is 17.1. The molecule has 0 unspecified atom stereocenters. The Morgan fingerprint density at radius 2 is 2.00 bits per heavy atom. The van der Waals surface area contributed by atoms with Crippen LogP contribution in [0.15, 0.2) is 65.7 Å². The number of methoxy groups -OCH3 is 1. The Labute approximate surface area is 185 Å². The predicted octanol–water partition coefficient (Wildman–Crippen LogP) is 6.03. The van der Waals surface area contributed by atoms with Gasteiger partial charge in [0, 0.05) is 34.4 Å². The average Bonchev–Trinajstić information content (AvgIpc) is 3.07. The van der Waals surface area contributed by atoms with Crippen LogP contribution in [0.3, 0.4) is 0 Å². The lowest BCUT2D eigenvalue weighted by Crippen LogP contribution is -2.04. The smallest absolute Gasteiger partial charge is 0.152 e. The van der Waals surface area contributed by atoms with Gasteiger partial charge in [-0.05, 0) is 73.9 Å². The number of halogens is 1. The molecule has 2 aromatic carbocycles. The molecule has 0 amide bonds. The fourth-order valence-corrected chi connectivity index (χ4v) is 4.50. The van der Waals surface area contributed by atoms with Gasteiger partial charge in [0.05, 0.1) is 18.3 Å². The van der Waals surface area contributed by atoms with Crippen LogP contribution in [0.5, 0.6) is 5.75 Å². The van der Waals surface area contributed by atoms with Crippen LogP contribution in [0.25, 0.3) is 10.9 Å². The largest absolute Gasteiger partial charge is 0.497 e. The maximum absolute atomic E-state index is 6.31. The van der Waals surface area contributed by atoms with Crippen LogP contribution < -0.4 is 15.4 Å². The number of nitrogens with one attached hydrogen (secondary N) is 2. The van der Waals surface area contributed by atoms with E-state index in [1.54, 1.807) is 19.1 Å². The first kappa shape index (κ1) is 20.6. The molecule has 0 saturated heterocycles. The lowest BCUT2D eigenvalue weighted by molar-refractivity contribution is 0.413. The number of ether oxygens (including phenoxy) is 1. The summed E-state index contributed by atoms with van der Waals surface area (Å²) in [7, 11) is 3.64. The summed E-state index contributed by atoms with van der Waals surface area (Å²) in [5.74, 6) is 0.843. The van der Waals surface area contributed by atoms with Crippen molar-refractivity contribution in [3.05, 3.63) is 77.2 Å². The summed E-state index contributed by atoms with van der Waals surface area (Å²) >= 11 is 7.96. The zero-order chi connectivity index (χ0) is 21.1. The van der Waals surface area contributed by atoms with E-state index in [1.165, 1.54) is 10.9 Å². The van der Waals surface area contributed by atoms with Gasteiger partial charge in [0.1, 0.15) is 5.75 Å². The second-order valence-electron chi connectivity index (χ2n) is 6.93. The number of anilines is 2. The van der Waals surface area contributed by atoms with Crippen LogP contribution in [-0.4, -0.2) is 23.1 Å². The van der Waals surface area contributed by atoms with Crippen LogP contribution in [0, 0.1) is 6.92 Å². The van der Waals surface area contributed by atoms with Gasteiger partial charge in [0.15, 0.2) is 5.15 Å². The number of hydrogen-bond donors (Lipinski definition) is 2. The highest BCUT2D eigenvalue weighted by atomic mass is 35.5. The molecule has 0 spiro atoms. The molecule has 5 nitrogen and oxygen atoms in total. The highest BCUT2D eigenvalue weighted by Crippen LogP contribution is 2.34. The third-order valence-corrected chi connectivity index (χ3v) is 5.99. The van der Waals surface area contributed by atoms with Crippen molar-refractivity contribution < 1.29 is 4.74 Å². The van der Waals surface area contributed by atoms with Crippen molar-refractivity contribution in [2.75, 3.05) is 19.5 Å². The van der Waals surface area contributed by atoms with E-state index >= 15 is 0 Å². The van der Waals surface area contributed by atoms with Gasteiger partial charge in [0.25, 0.3) is 0 Å². The number of rotatable bonds is 7. The molecule has 2 heterocycles. The molecule has 154 valence electrons. The molecule has 4 rings (SSSR count). The van der Waals surface area contributed by atoms with E-state index in [0.717, 1.165) is 39.8 Å². The van der Waals surface area contributed by atoms with E-state index in [-0.39, 0.29) is 0 Å². The molecule has 0 fully saturated rings. The van der Waals surface area contributed by atoms with Crippen molar-refractivity contribution >= 4 is 45.8 Å². The quantitative estimate of drug-likeness (QED) is 0.345. The lowest BCUT2D eigenvalue weighted by atomic mass is 10.1. The third kappa shape index (κ3) is 4.41. The first-order chi connectivity index (χ1) is 14.6. The van der Waals surface area contributed by atoms with Crippen molar-refractivity contribution in [2.45, 2.75) is 18.4 Å². The molecular formula is C23H23ClN4OS. The van der Waals surface area contributed by atoms with E-state index in [9.17, 15) is 0 Å². The molecule has 2 aromatic heterocycles. The van der Waals surface area contributed by atoms with Crippen LogP contribution in [0.1, 0.15) is 11.3 Å². The van der Waals surface area contributed by atoms with Crippen molar-refractivity contribution in [3.63, 3.8) is 0 Å².